The van der Waals surface area contributed by atoms with Crippen LogP contribution in [-0.4, -0.2) is 59.4 Å². The number of carbonyl (C=O) groups is 1. The van der Waals surface area contributed by atoms with Crippen molar-refractivity contribution in [2.24, 2.45) is 0 Å². The van der Waals surface area contributed by atoms with Crippen LogP contribution in [0.25, 0.3) is 0 Å². The van der Waals surface area contributed by atoms with Gasteiger partial charge in [-0.2, -0.15) is 0 Å². The smallest absolute Gasteiger partial charge is 0.258 e. The van der Waals surface area contributed by atoms with Crippen LogP contribution in [0.1, 0.15) is 104 Å². The number of hydrogen-bond donors (Lipinski definition) is 1. The number of aliphatic hydroxyl groups is 1. The molecule has 3 atom stereocenters. The molecule has 288 valence electrons. The molecule has 0 radical (unpaired) electrons. The number of amides is 1. The van der Waals surface area contributed by atoms with Crippen LogP contribution >= 0.6 is 0 Å². The summed E-state index contributed by atoms with van der Waals surface area (Å²) in [5.74, 6) is 0.974. The van der Waals surface area contributed by atoms with Gasteiger partial charge in [-0.05, 0) is 65.8 Å². The summed E-state index contributed by atoms with van der Waals surface area (Å²) in [6.07, 6.45) is -0.880. The summed E-state index contributed by atoms with van der Waals surface area (Å²) in [4.78, 5) is 16.7. The van der Waals surface area contributed by atoms with Crippen LogP contribution in [0.4, 0.5) is 0 Å². The van der Waals surface area contributed by atoms with Crippen LogP contribution in [0.15, 0.2) is 66.7 Å². The molecule has 0 saturated heterocycles. The molecule has 3 aromatic rings. The highest BCUT2D eigenvalue weighted by atomic mass is 28.4. The maximum absolute atomic E-state index is 15.0. The number of likely N-dealkylation sites (N-methyl/N-ethyl adjacent to an activating group) is 1. The zero-order valence-corrected chi connectivity index (χ0v) is 36.7. The third-order valence-corrected chi connectivity index (χ3v) is 21.8. The van der Waals surface area contributed by atoms with Gasteiger partial charge in [0.1, 0.15) is 11.5 Å². The minimum absolute atomic E-state index is 0.0759. The van der Waals surface area contributed by atoms with Crippen LogP contribution in [0.3, 0.4) is 0 Å². The number of ether oxygens (including phenoxy) is 2. The monoisotopic (exact) mass is 749 g/mol. The maximum Gasteiger partial charge on any atom is 0.258 e. The Labute approximate surface area is 317 Å². The molecule has 0 aliphatic heterocycles. The first-order valence-electron chi connectivity index (χ1n) is 18.9. The molecule has 3 aromatic carbocycles. The number of methoxy groups -OCH3 is 1. The normalized spacial score (nSPS) is 14.4. The summed E-state index contributed by atoms with van der Waals surface area (Å²) in [6, 6.07) is 20.9. The predicted octanol–water partition coefficient (Wildman–Crippen LogP) is 10.8. The zero-order valence-electron chi connectivity index (χ0n) is 34.7. The molecule has 1 N–H and O–H groups in total. The molecule has 0 heterocycles. The van der Waals surface area contributed by atoms with E-state index in [9.17, 15) is 5.11 Å². The van der Waals surface area contributed by atoms with Gasteiger partial charge in [0.15, 0.2) is 5.75 Å². The second-order valence-corrected chi connectivity index (χ2v) is 26.9. The van der Waals surface area contributed by atoms with Gasteiger partial charge in [0.05, 0.1) is 38.4 Å². The van der Waals surface area contributed by atoms with Crippen LogP contribution in [0.2, 0.25) is 34.8 Å². The summed E-state index contributed by atoms with van der Waals surface area (Å²) in [5.41, 5.74) is 4.18. The average Bonchev–Trinajstić information content (AvgIpc) is 3.08. The number of rotatable bonds is 17. The van der Waals surface area contributed by atoms with Gasteiger partial charge in [-0.3, -0.25) is 4.79 Å². The standard InChI is InChI=1S/C43H67NO6Si2/c1-29(2)52(30(3)4,31(5)6)50-40-32(7)41(47-13)38(49-51(14,15)43(9,10)11)26-36(40)37(28-48-27-34-22-18-16-19-23-34)42(46)44(12)33(8)39(45)35-24-20-17-21-25-35/h16-26,29-31,33,37,39,45H,27-28H2,1-15H3/t33-,37-,39+/m1/s1. The molecular formula is C43H67NO6Si2. The lowest BCUT2D eigenvalue weighted by Gasteiger charge is -2.44. The molecule has 1 amide bonds. The first-order valence-corrected chi connectivity index (χ1v) is 24.0. The largest absolute Gasteiger partial charge is 0.542 e. The summed E-state index contributed by atoms with van der Waals surface area (Å²) in [5, 5.41) is 11.4. The Morgan fingerprint density at radius 2 is 1.35 bits per heavy atom. The highest BCUT2D eigenvalue weighted by molar-refractivity contribution is 6.78. The maximum atomic E-state index is 15.0. The van der Waals surface area contributed by atoms with E-state index in [0.29, 0.717) is 40.5 Å². The number of hydrogen-bond acceptors (Lipinski definition) is 6. The number of aliphatic hydroxyl groups excluding tert-OH is 1. The van der Waals surface area contributed by atoms with Crippen LogP contribution < -0.4 is 13.6 Å². The predicted molar refractivity (Wildman–Crippen MR) is 220 cm³/mol. The van der Waals surface area contributed by atoms with E-state index in [4.69, 9.17) is 18.3 Å². The first-order chi connectivity index (χ1) is 24.2. The Bertz CT molecular complexity index is 1560. The molecule has 0 spiro atoms. The van der Waals surface area contributed by atoms with E-state index in [0.717, 1.165) is 22.3 Å². The lowest BCUT2D eigenvalue weighted by atomic mass is 9.93. The molecule has 0 aromatic heterocycles. The molecule has 9 heteroatoms. The fraction of sp³-hybridized carbons (Fsp3) is 0.558. The Morgan fingerprint density at radius 3 is 1.83 bits per heavy atom. The second-order valence-electron chi connectivity index (χ2n) is 16.8. The zero-order chi connectivity index (χ0) is 39.2. The number of nitrogens with zero attached hydrogens (tertiary/aromatic N) is 1. The molecule has 0 saturated carbocycles. The second kappa shape index (κ2) is 17.8. The van der Waals surface area contributed by atoms with E-state index in [-0.39, 0.29) is 17.6 Å². The Morgan fingerprint density at radius 1 is 0.827 bits per heavy atom. The summed E-state index contributed by atoms with van der Waals surface area (Å²) in [7, 11) is -1.44. The topological polar surface area (TPSA) is 77.5 Å². The van der Waals surface area contributed by atoms with E-state index in [1.54, 1.807) is 19.1 Å². The fourth-order valence-electron chi connectivity index (χ4n) is 7.21. The molecule has 0 aliphatic rings. The lowest BCUT2D eigenvalue weighted by Crippen LogP contribution is -2.51. The molecule has 0 bridgehead atoms. The van der Waals surface area contributed by atoms with Crippen LogP contribution in [0, 0.1) is 6.92 Å². The van der Waals surface area contributed by atoms with Crippen molar-refractivity contribution in [3.8, 4) is 17.2 Å². The van der Waals surface area contributed by atoms with Crippen molar-refractivity contribution in [3.63, 3.8) is 0 Å². The van der Waals surface area contributed by atoms with Crippen molar-refractivity contribution in [3.05, 3.63) is 89.0 Å². The van der Waals surface area contributed by atoms with Crippen molar-refractivity contribution in [2.45, 2.75) is 136 Å². The SMILES string of the molecule is COc1c(O[Si](C)(C)C(C)(C)C)cc([C@@H](COCc2ccccc2)C(=O)N(C)[C@H](C)[C@H](O)c2ccccc2)c(O[Si](C(C)C)(C(C)C)C(C)C)c1C. The van der Waals surface area contributed by atoms with E-state index in [1.807, 2.05) is 80.6 Å². The summed E-state index contributed by atoms with van der Waals surface area (Å²) < 4.78 is 27.1. The van der Waals surface area contributed by atoms with E-state index in [1.165, 1.54) is 0 Å². The van der Waals surface area contributed by atoms with Crippen molar-refractivity contribution >= 4 is 22.5 Å². The molecule has 7 nitrogen and oxygen atoms in total. The van der Waals surface area contributed by atoms with Gasteiger partial charge in [0.25, 0.3) is 16.6 Å². The van der Waals surface area contributed by atoms with Crippen molar-refractivity contribution in [1.82, 2.24) is 4.90 Å². The number of carbonyl (C=O) groups excluding carboxylic acids is 1. The van der Waals surface area contributed by atoms with Crippen molar-refractivity contribution in [2.75, 3.05) is 20.8 Å². The summed E-state index contributed by atoms with van der Waals surface area (Å²) in [6.45, 7) is 29.0. The van der Waals surface area contributed by atoms with E-state index < -0.39 is 34.7 Å². The molecule has 0 unspecified atom stereocenters. The van der Waals surface area contributed by atoms with E-state index >= 15 is 4.79 Å². The highest BCUT2D eigenvalue weighted by Gasteiger charge is 2.49. The quantitative estimate of drug-likeness (QED) is 0.139. The van der Waals surface area contributed by atoms with Gasteiger partial charge in [-0.25, -0.2) is 0 Å². The van der Waals surface area contributed by atoms with Crippen molar-refractivity contribution < 1.29 is 28.2 Å². The highest BCUT2D eigenvalue weighted by Crippen LogP contribution is 2.51. The van der Waals surface area contributed by atoms with Gasteiger partial charge in [-0.1, -0.05) is 123 Å². The first kappa shape index (κ1) is 43.3. The van der Waals surface area contributed by atoms with Gasteiger partial charge >= 0.3 is 0 Å². The van der Waals surface area contributed by atoms with Crippen LogP contribution in [-0.2, 0) is 16.1 Å². The third-order valence-electron chi connectivity index (χ3n) is 11.4. The van der Waals surface area contributed by atoms with Gasteiger partial charge in [0, 0.05) is 18.2 Å². The summed E-state index contributed by atoms with van der Waals surface area (Å²) >= 11 is 0. The molecule has 3 rings (SSSR count). The lowest BCUT2D eigenvalue weighted by molar-refractivity contribution is -0.137. The van der Waals surface area contributed by atoms with Gasteiger partial charge < -0.3 is 28.3 Å². The molecule has 0 fully saturated rings. The van der Waals surface area contributed by atoms with Gasteiger partial charge in [-0.15, -0.1) is 0 Å². The fourth-order valence-corrected chi connectivity index (χ4v) is 13.5. The van der Waals surface area contributed by atoms with E-state index in [2.05, 4.69) is 75.4 Å². The van der Waals surface area contributed by atoms with Crippen molar-refractivity contribution in [1.29, 1.82) is 0 Å². The Balaban J connectivity index is 2.33. The average molecular weight is 750 g/mol. The minimum atomic E-state index is -2.53. The number of benzene rings is 3. The minimum Gasteiger partial charge on any atom is -0.542 e. The van der Waals surface area contributed by atoms with Crippen LogP contribution in [0.5, 0.6) is 17.2 Å². The molecule has 52 heavy (non-hydrogen) atoms. The Kier molecular flexibility index (Phi) is 14.8. The Hall–Kier alpha value is -3.12. The van der Waals surface area contributed by atoms with Gasteiger partial charge in [0.2, 0.25) is 5.91 Å². The third kappa shape index (κ3) is 9.51. The molecule has 0 aliphatic carbocycles. The molecular weight excluding hydrogens is 683 g/mol.